The molecule has 1 aliphatic heterocycles. The molecule has 1 aromatic heterocycles. The maximum absolute atomic E-state index is 13.8. The van der Waals surface area contributed by atoms with E-state index in [2.05, 4.69) is 15.3 Å². The highest BCUT2D eigenvalue weighted by atomic mass is 28.3. The predicted molar refractivity (Wildman–Crippen MR) is 124 cm³/mol. The topological polar surface area (TPSA) is 85.8 Å². The summed E-state index contributed by atoms with van der Waals surface area (Å²) in [6.07, 6.45) is -3.93. The number of rotatable bonds is 7. The van der Waals surface area contributed by atoms with Gasteiger partial charge >= 0.3 is 6.18 Å². The zero-order valence-electron chi connectivity index (χ0n) is 19.7. The van der Waals surface area contributed by atoms with Gasteiger partial charge in [0.1, 0.15) is 30.3 Å². The molecule has 2 aromatic carbocycles. The van der Waals surface area contributed by atoms with Crippen LogP contribution < -0.4 is 14.8 Å². The first-order chi connectivity index (χ1) is 17.0. The minimum absolute atomic E-state index is 0.0142. The van der Waals surface area contributed by atoms with Crippen LogP contribution in [0.15, 0.2) is 30.3 Å². The number of fused-ring (bicyclic) bond motifs is 1. The number of nitrogens with zero attached hydrogens (tertiary/aromatic N) is 3. The number of methoxy groups -OCH3 is 1. The third-order valence-electron chi connectivity index (χ3n) is 5.47. The van der Waals surface area contributed by atoms with Crippen LogP contribution in [0.4, 0.5) is 23.4 Å². The lowest BCUT2D eigenvalue weighted by atomic mass is 10.1. The third kappa shape index (κ3) is 5.84. The first-order valence-electron chi connectivity index (χ1n) is 10.8. The smallest absolute Gasteiger partial charge is 0.416 e. The second-order valence-corrected chi connectivity index (χ2v) is 10.2. The van der Waals surface area contributed by atoms with Gasteiger partial charge in [-0.25, -0.2) is 14.4 Å². The van der Waals surface area contributed by atoms with Gasteiger partial charge in [-0.05, 0) is 36.8 Å². The van der Waals surface area contributed by atoms with Gasteiger partial charge in [-0.3, -0.25) is 4.79 Å². The van der Waals surface area contributed by atoms with E-state index in [4.69, 9.17) is 13.9 Å². The van der Waals surface area contributed by atoms with Crippen molar-refractivity contribution in [2.45, 2.75) is 19.6 Å². The van der Waals surface area contributed by atoms with Gasteiger partial charge in [-0.1, -0.05) is 0 Å². The summed E-state index contributed by atoms with van der Waals surface area (Å²) in [6.45, 7) is 1.59. The number of aryl methyl sites for hydroxylation is 1. The molecule has 1 amide bonds. The van der Waals surface area contributed by atoms with E-state index >= 15 is 0 Å². The van der Waals surface area contributed by atoms with Gasteiger partial charge < -0.3 is 24.1 Å². The molecular weight excluding hydrogens is 500 g/mol. The molecular formula is C23H23F4N4O4Si. The number of nitrogens with one attached hydrogen (secondary N) is 1. The fraction of sp³-hybridized carbons (Fsp3) is 0.348. The molecule has 13 heteroatoms. The average molecular weight is 524 g/mol. The number of benzene rings is 2. The van der Waals surface area contributed by atoms with Crippen LogP contribution in [0.25, 0.3) is 10.9 Å². The van der Waals surface area contributed by atoms with Crippen LogP contribution in [0, 0.1) is 12.7 Å². The zero-order chi connectivity index (χ0) is 26.0. The molecule has 1 fully saturated rings. The van der Waals surface area contributed by atoms with Crippen LogP contribution in [-0.4, -0.2) is 63.0 Å². The Morgan fingerprint density at radius 3 is 2.64 bits per heavy atom. The molecule has 0 bridgehead atoms. The molecule has 3 aromatic rings. The van der Waals surface area contributed by atoms with E-state index in [-0.39, 0.29) is 30.9 Å². The van der Waals surface area contributed by atoms with Gasteiger partial charge in [0.05, 0.1) is 18.2 Å². The monoisotopic (exact) mass is 523 g/mol. The van der Waals surface area contributed by atoms with Crippen molar-refractivity contribution in [2.24, 2.45) is 0 Å². The summed E-state index contributed by atoms with van der Waals surface area (Å²) in [6, 6.07) is 5.71. The van der Waals surface area contributed by atoms with E-state index < -0.39 is 26.6 Å². The lowest BCUT2D eigenvalue weighted by Crippen LogP contribution is -2.49. The van der Waals surface area contributed by atoms with Gasteiger partial charge in [-0.15, -0.1) is 0 Å². The second kappa shape index (κ2) is 10.3. The van der Waals surface area contributed by atoms with Gasteiger partial charge in [-0.2, -0.15) is 13.2 Å². The Bertz CT molecular complexity index is 1290. The summed E-state index contributed by atoms with van der Waals surface area (Å²) in [5, 5.41) is 3.53. The van der Waals surface area contributed by atoms with Crippen molar-refractivity contribution in [3.05, 3.63) is 53.1 Å². The molecule has 1 N–H and O–H groups in total. The highest BCUT2D eigenvalue weighted by Crippen LogP contribution is 2.35. The second-order valence-electron chi connectivity index (χ2n) is 8.20. The first kappa shape index (κ1) is 25.6. The number of carbonyl (C=O) groups excluding carboxylic acids is 1. The molecule has 8 nitrogen and oxygen atoms in total. The molecule has 2 heterocycles. The van der Waals surface area contributed by atoms with Crippen molar-refractivity contribution in [1.82, 2.24) is 14.9 Å². The van der Waals surface area contributed by atoms with Crippen LogP contribution in [0.3, 0.4) is 0 Å². The Kier molecular flexibility index (Phi) is 7.31. The quantitative estimate of drug-likeness (QED) is 0.374. The molecule has 1 radical (unpaired) electrons. The first-order valence-corrected chi connectivity index (χ1v) is 12.7. The molecule has 0 unspecified atom stereocenters. The number of aromatic nitrogens is 2. The maximum Gasteiger partial charge on any atom is 0.416 e. The number of alkyl halides is 3. The van der Waals surface area contributed by atoms with Crippen molar-refractivity contribution >= 4 is 31.7 Å². The van der Waals surface area contributed by atoms with Crippen LogP contribution in [-0.2, 0) is 21.9 Å². The van der Waals surface area contributed by atoms with E-state index in [0.29, 0.717) is 46.3 Å². The molecule has 1 aliphatic rings. The molecule has 1 saturated heterocycles. The molecule has 0 spiro atoms. The summed E-state index contributed by atoms with van der Waals surface area (Å²) < 4.78 is 70.1. The summed E-state index contributed by atoms with van der Waals surface area (Å²) in [4.78, 5) is 22.0. The van der Waals surface area contributed by atoms with Crippen molar-refractivity contribution in [1.29, 1.82) is 0 Å². The fourth-order valence-corrected chi connectivity index (χ4v) is 5.30. The normalized spacial score (nSPS) is 14.9. The number of halogens is 4. The number of carbonyl (C=O) groups is 1. The summed E-state index contributed by atoms with van der Waals surface area (Å²) in [7, 11) is 1.76. The number of amides is 1. The Labute approximate surface area is 205 Å². The SMILES string of the molecule is COc1cc2nc(C)nc(NCc3cc(F)cc(C(F)(F)F)c3)c2cc1OC[Si]1CN(C)C(=O)CO1. The highest BCUT2D eigenvalue weighted by molar-refractivity contribution is 6.53. The maximum atomic E-state index is 13.8. The Balaban J connectivity index is 1.59. The van der Waals surface area contributed by atoms with Gasteiger partial charge in [0.15, 0.2) is 11.5 Å². The largest absolute Gasteiger partial charge is 0.493 e. The Morgan fingerprint density at radius 1 is 1.17 bits per heavy atom. The Hall–Kier alpha value is -3.45. The van der Waals surface area contributed by atoms with Crippen molar-refractivity contribution in [2.75, 3.05) is 38.5 Å². The number of anilines is 1. The van der Waals surface area contributed by atoms with E-state index in [9.17, 15) is 22.4 Å². The highest BCUT2D eigenvalue weighted by Gasteiger charge is 2.31. The predicted octanol–water partition coefficient (Wildman–Crippen LogP) is 3.65. The minimum atomic E-state index is -4.66. The number of ether oxygens (including phenoxy) is 2. The van der Waals surface area contributed by atoms with E-state index in [1.165, 1.54) is 7.11 Å². The summed E-state index contributed by atoms with van der Waals surface area (Å²) >= 11 is 0. The van der Waals surface area contributed by atoms with Gasteiger partial charge in [0.2, 0.25) is 5.91 Å². The van der Waals surface area contributed by atoms with E-state index in [0.717, 1.165) is 12.1 Å². The van der Waals surface area contributed by atoms with Crippen LogP contribution in [0.1, 0.15) is 17.0 Å². The Morgan fingerprint density at radius 2 is 1.94 bits per heavy atom. The van der Waals surface area contributed by atoms with Crippen molar-refractivity contribution in [3.8, 4) is 11.5 Å². The lowest BCUT2D eigenvalue weighted by molar-refractivity contribution is -0.137. The molecule has 4 rings (SSSR count). The van der Waals surface area contributed by atoms with E-state index in [1.54, 1.807) is 31.0 Å². The molecule has 0 saturated carbocycles. The van der Waals surface area contributed by atoms with Crippen LogP contribution in [0.5, 0.6) is 11.5 Å². The number of hydrogen-bond acceptors (Lipinski definition) is 7. The average Bonchev–Trinajstić information content (AvgIpc) is 2.81. The fourth-order valence-electron chi connectivity index (χ4n) is 3.68. The van der Waals surface area contributed by atoms with Crippen LogP contribution in [0.2, 0.25) is 0 Å². The van der Waals surface area contributed by atoms with Gasteiger partial charge in [0.25, 0.3) is 9.04 Å². The summed E-state index contributed by atoms with van der Waals surface area (Å²) in [5.74, 6) is 0.517. The van der Waals surface area contributed by atoms with Gasteiger partial charge in [0, 0.05) is 31.2 Å². The standard InChI is InChI=1S/C23H23F4N4O4Si/c1-13-29-18-8-19(33-3)20(34-12-36-11-31(2)21(32)10-35-36)7-17(18)22(30-13)28-9-14-4-15(23(25,26)27)6-16(24)5-14/h4-8H,9-12H2,1-3H3,(H,28,29,30). The number of hydrogen-bond donors (Lipinski definition) is 1. The van der Waals surface area contributed by atoms with Crippen LogP contribution >= 0.6 is 0 Å². The molecule has 36 heavy (non-hydrogen) atoms. The third-order valence-corrected chi connectivity index (χ3v) is 7.31. The van der Waals surface area contributed by atoms with Crippen molar-refractivity contribution in [3.63, 3.8) is 0 Å². The molecule has 0 atom stereocenters. The summed E-state index contributed by atoms with van der Waals surface area (Å²) in [5.41, 5.74) is -0.435. The molecule has 0 aliphatic carbocycles. The van der Waals surface area contributed by atoms with E-state index in [1.807, 2.05) is 0 Å². The molecule has 191 valence electrons. The number of likely N-dealkylation sites (N-methyl/N-ethyl adjacent to an activating group) is 1. The zero-order valence-corrected chi connectivity index (χ0v) is 20.7. The van der Waals surface area contributed by atoms with Crippen molar-refractivity contribution < 1.29 is 36.3 Å². The minimum Gasteiger partial charge on any atom is -0.493 e. The lowest BCUT2D eigenvalue weighted by Gasteiger charge is -2.28.